The lowest BCUT2D eigenvalue weighted by Crippen LogP contribution is -2.05. The Hall–Kier alpha value is -0.0400. The van der Waals surface area contributed by atoms with E-state index < -0.39 is 0 Å². The summed E-state index contributed by atoms with van der Waals surface area (Å²) in [5, 5.41) is 0. The summed E-state index contributed by atoms with van der Waals surface area (Å²) in [7, 11) is 0. The summed E-state index contributed by atoms with van der Waals surface area (Å²) in [5.41, 5.74) is 6.10. The van der Waals surface area contributed by atoms with E-state index in [0.29, 0.717) is 5.41 Å². The monoisotopic (exact) mass is 169 g/mol. The van der Waals surface area contributed by atoms with E-state index in [1.165, 1.54) is 38.5 Å². The smallest absolute Gasteiger partial charge is 0.00773 e. The van der Waals surface area contributed by atoms with Crippen molar-refractivity contribution in [3.8, 4) is 0 Å². The predicted octanol–water partition coefficient (Wildman–Crippen LogP) is 2.94. The van der Waals surface area contributed by atoms with Crippen LogP contribution in [0.4, 0.5) is 0 Å². The van der Waals surface area contributed by atoms with Gasteiger partial charge in [-0.2, -0.15) is 0 Å². The molecule has 1 saturated carbocycles. The van der Waals surface area contributed by atoms with Crippen molar-refractivity contribution in [2.24, 2.45) is 17.1 Å². The van der Waals surface area contributed by atoms with Gasteiger partial charge in [0.05, 0.1) is 0 Å². The number of hydrogen-bond acceptors (Lipinski definition) is 1. The van der Waals surface area contributed by atoms with E-state index in [1.54, 1.807) is 0 Å². The van der Waals surface area contributed by atoms with Crippen LogP contribution >= 0.6 is 0 Å². The molecule has 1 fully saturated rings. The maximum Gasteiger partial charge on any atom is -0.00773 e. The Morgan fingerprint density at radius 1 is 1.33 bits per heavy atom. The molecule has 0 aromatic carbocycles. The number of unbranched alkanes of at least 4 members (excludes halogenated alkanes) is 1. The molecule has 0 aromatic heterocycles. The molecule has 0 radical (unpaired) electrons. The van der Waals surface area contributed by atoms with Crippen molar-refractivity contribution in [3.05, 3.63) is 0 Å². The molecule has 1 atom stereocenters. The highest BCUT2D eigenvalue weighted by Crippen LogP contribution is 2.42. The van der Waals surface area contributed by atoms with E-state index in [9.17, 15) is 0 Å². The normalized spacial score (nSPS) is 27.8. The van der Waals surface area contributed by atoms with E-state index in [0.717, 1.165) is 12.5 Å². The number of nitrogens with two attached hydrogens (primary N) is 1. The summed E-state index contributed by atoms with van der Waals surface area (Å²) >= 11 is 0. The molecule has 1 heteroatoms. The van der Waals surface area contributed by atoms with Crippen LogP contribution in [0.5, 0.6) is 0 Å². The first-order chi connectivity index (χ1) is 5.64. The quantitative estimate of drug-likeness (QED) is 0.643. The third kappa shape index (κ3) is 3.14. The molecule has 0 saturated heterocycles. The molecule has 72 valence electrons. The molecule has 1 nitrogen and oxygen atoms in total. The Balaban J connectivity index is 2.11. The second kappa shape index (κ2) is 4.27. The molecule has 12 heavy (non-hydrogen) atoms. The lowest BCUT2D eigenvalue weighted by molar-refractivity contribution is 0.351. The summed E-state index contributed by atoms with van der Waals surface area (Å²) < 4.78 is 0. The minimum Gasteiger partial charge on any atom is -0.330 e. The second-order valence-corrected chi connectivity index (χ2v) is 5.06. The van der Waals surface area contributed by atoms with Gasteiger partial charge in [-0.15, -0.1) is 0 Å². The van der Waals surface area contributed by atoms with Crippen LogP contribution < -0.4 is 5.73 Å². The van der Waals surface area contributed by atoms with Crippen LogP contribution in [0.25, 0.3) is 0 Å². The van der Waals surface area contributed by atoms with E-state index in [4.69, 9.17) is 5.73 Å². The molecule has 0 bridgehead atoms. The van der Waals surface area contributed by atoms with Crippen LogP contribution in [0.2, 0.25) is 0 Å². The SMILES string of the molecule is CC1(C)CCC(CCCCN)C1. The highest BCUT2D eigenvalue weighted by atomic mass is 14.5. The minimum absolute atomic E-state index is 0.632. The molecule has 1 aliphatic rings. The van der Waals surface area contributed by atoms with E-state index in [-0.39, 0.29) is 0 Å². The zero-order valence-corrected chi connectivity index (χ0v) is 8.60. The Labute approximate surface area is 76.7 Å². The summed E-state index contributed by atoms with van der Waals surface area (Å²) in [6.07, 6.45) is 8.31. The summed E-state index contributed by atoms with van der Waals surface area (Å²) in [4.78, 5) is 0. The van der Waals surface area contributed by atoms with Gasteiger partial charge in [-0.3, -0.25) is 0 Å². The molecule has 0 aliphatic heterocycles. The van der Waals surface area contributed by atoms with Crippen LogP contribution in [-0.2, 0) is 0 Å². The first kappa shape index (κ1) is 10.0. The minimum atomic E-state index is 0.632. The lowest BCUT2D eigenvalue weighted by atomic mass is 9.89. The second-order valence-electron chi connectivity index (χ2n) is 5.06. The van der Waals surface area contributed by atoms with Crippen molar-refractivity contribution in [1.82, 2.24) is 0 Å². The predicted molar refractivity (Wildman–Crippen MR) is 54.0 cm³/mol. The van der Waals surface area contributed by atoms with Gasteiger partial charge in [-0.05, 0) is 43.6 Å². The average molecular weight is 169 g/mol. The van der Waals surface area contributed by atoms with Crippen molar-refractivity contribution < 1.29 is 0 Å². The van der Waals surface area contributed by atoms with Gasteiger partial charge in [-0.1, -0.05) is 26.7 Å². The van der Waals surface area contributed by atoms with Gasteiger partial charge in [0.15, 0.2) is 0 Å². The molecule has 1 unspecified atom stereocenters. The average Bonchev–Trinajstić information content (AvgIpc) is 2.31. The maximum absolute atomic E-state index is 5.47. The van der Waals surface area contributed by atoms with Gasteiger partial charge >= 0.3 is 0 Å². The Bertz CT molecular complexity index is 129. The van der Waals surface area contributed by atoms with Crippen LogP contribution in [0.3, 0.4) is 0 Å². The summed E-state index contributed by atoms with van der Waals surface area (Å²) in [5.74, 6) is 1.01. The fraction of sp³-hybridized carbons (Fsp3) is 1.00. The Morgan fingerprint density at radius 2 is 2.08 bits per heavy atom. The van der Waals surface area contributed by atoms with Gasteiger partial charge in [-0.25, -0.2) is 0 Å². The molecule has 1 rings (SSSR count). The van der Waals surface area contributed by atoms with Gasteiger partial charge < -0.3 is 5.73 Å². The zero-order chi connectivity index (χ0) is 9.03. The fourth-order valence-corrected chi connectivity index (χ4v) is 2.40. The van der Waals surface area contributed by atoms with Gasteiger partial charge in [0.25, 0.3) is 0 Å². The molecule has 0 aromatic rings. The first-order valence-electron chi connectivity index (χ1n) is 5.34. The topological polar surface area (TPSA) is 26.0 Å². The first-order valence-corrected chi connectivity index (χ1v) is 5.34. The molecular weight excluding hydrogens is 146 g/mol. The lowest BCUT2D eigenvalue weighted by Gasteiger charge is -2.16. The van der Waals surface area contributed by atoms with E-state index in [1.807, 2.05) is 0 Å². The van der Waals surface area contributed by atoms with Crippen molar-refractivity contribution in [2.45, 2.75) is 52.4 Å². The molecule has 2 N–H and O–H groups in total. The highest BCUT2D eigenvalue weighted by Gasteiger charge is 2.29. The number of hydrogen-bond donors (Lipinski definition) is 1. The maximum atomic E-state index is 5.47. The molecule has 0 spiro atoms. The molecule has 1 aliphatic carbocycles. The van der Waals surface area contributed by atoms with E-state index >= 15 is 0 Å². The third-order valence-corrected chi connectivity index (χ3v) is 3.14. The van der Waals surface area contributed by atoms with Gasteiger partial charge in [0, 0.05) is 0 Å². The van der Waals surface area contributed by atoms with Crippen molar-refractivity contribution in [3.63, 3.8) is 0 Å². The van der Waals surface area contributed by atoms with Crippen LogP contribution in [-0.4, -0.2) is 6.54 Å². The van der Waals surface area contributed by atoms with E-state index in [2.05, 4.69) is 13.8 Å². The van der Waals surface area contributed by atoms with Gasteiger partial charge in [0.1, 0.15) is 0 Å². The third-order valence-electron chi connectivity index (χ3n) is 3.14. The van der Waals surface area contributed by atoms with Crippen molar-refractivity contribution >= 4 is 0 Å². The Morgan fingerprint density at radius 3 is 2.58 bits per heavy atom. The van der Waals surface area contributed by atoms with Crippen molar-refractivity contribution in [2.75, 3.05) is 6.54 Å². The molecular formula is C11H23N. The fourth-order valence-electron chi connectivity index (χ4n) is 2.40. The van der Waals surface area contributed by atoms with Crippen LogP contribution in [0.15, 0.2) is 0 Å². The molecule has 0 amide bonds. The standard InChI is InChI=1S/C11H23N/c1-11(2)7-6-10(9-11)5-3-4-8-12/h10H,3-9,12H2,1-2H3. The van der Waals surface area contributed by atoms with Gasteiger partial charge in [0.2, 0.25) is 0 Å². The largest absolute Gasteiger partial charge is 0.330 e. The highest BCUT2D eigenvalue weighted by molar-refractivity contribution is 4.81. The number of rotatable bonds is 4. The van der Waals surface area contributed by atoms with Crippen molar-refractivity contribution in [1.29, 1.82) is 0 Å². The summed E-state index contributed by atoms with van der Waals surface area (Å²) in [6.45, 7) is 5.67. The Kier molecular flexibility index (Phi) is 3.57. The molecule has 0 heterocycles. The van der Waals surface area contributed by atoms with Crippen LogP contribution in [0, 0.1) is 11.3 Å². The zero-order valence-electron chi connectivity index (χ0n) is 8.60. The van der Waals surface area contributed by atoms with Crippen LogP contribution in [0.1, 0.15) is 52.4 Å². The summed E-state index contributed by atoms with van der Waals surface area (Å²) in [6, 6.07) is 0.